The molecule has 136 valence electrons. The Bertz CT molecular complexity index is 692. The molecule has 1 aromatic rings. The molecule has 1 aliphatic rings. The van der Waals surface area contributed by atoms with Gasteiger partial charge >= 0.3 is 0 Å². The second-order valence-corrected chi connectivity index (χ2v) is 9.47. The van der Waals surface area contributed by atoms with Crippen molar-refractivity contribution in [2.75, 3.05) is 32.4 Å². The Hall–Kier alpha value is -0.540. The van der Waals surface area contributed by atoms with Crippen molar-refractivity contribution < 1.29 is 8.42 Å². The number of benzene rings is 1. The van der Waals surface area contributed by atoms with E-state index >= 15 is 0 Å². The van der Waals surface area contributed by atoms with Gasteiger partial charge in [-0.1, -0.05) is 29.8 Å². The number of nitrogens with zero attached hydrogens (tertiary/aromatic N) is 2. The van der Waals surface area contributed by atoms with E-state index in [4.69, 9.17) is 11.6 Å². The average Bonchev–Trinajstić information content (AvgIpc) is 2.48. The maximum absolute atomic E-state index is 12.1. The normalized spacial score (nSPS) is 19.5. The minimum absolute atomic E-state index is 0. The summed E-state index contributed by atoms with van der Waals surface area (Å²) in [5, 5.41) is 4.06. The highest BCUT2D eigenvalue weighted by molar-refractivity contribution is 14.0. The van der Waals surface area contributed by atoms with Crippen LogP contribution in [0.15, 0.2) is 29.3 Å². The molecule has 0 aromatic heterocycles. The molecule has 0 bridgehead atoms. The average molecular weight is 486 g/mol. The van der Waals surface area contributed by atoms with Crippen LogP contribution < -0.4 is 5.32 Å². The molecular weight excluding hydrogens is 461 g/mol. The molecular formula is C16H25ClIN3O2S. The van der Waals surface area contributed by atoms with E-state index in [1.165, 1.54) is 0 Å². The van der Waals surface area contributed by atoms with Crippen molar-refractivity contribution in [3.8, 4) is 0 Å². The van der Waals surface area contributed by atoms with Crippen LogP contribution in [0.25, 0.3) is 0 Å². The third kappa shape index (κ3) is 4.98. The second-order valence-electron chi connectivity index (χ2n) is 6.32. The number of nitrogens with one attached hydrogen (secondary N) is 1. The van der Waals surface area contributed by atoms with Crippen LogP contribution in [0.3, 0.4) is 0 Å². The van der Waals surface area contributed by atoms with Gasteiger partial charge in [-0.3, -0.25) is 4.99 Å². The Morgan fingerprint density at radius 3 is 2.62 bits per heavy atom. The summed E-state index contributed by atoms with van der Waals surface area (Å²) in [6.07, 6.45) is 0.786. The van der Waals surface area contributed by atoms with E-state index < -0.39 is 14.6 Å². The summed E-state index contributed by atoms with van der Waals surface area (Å²) >= 11 is 6.16. The number of sulfone groups is 1. The molecule has 0 atom stereocenters. The Balaban J connectivity index is 0.00000288. The summed E-state index contributed by atoms with van der Waals surface area (Å²) in [6.45, 7) is 5.15. The summed E-state index contributed by atoms with van der Waals surface area (Å²) in [5.74, 6) is 0.894. The zero-order valence-corrected chi connectivity index (χ0v) is 18.2. The lowest BCUT2D eigenvalue weighted by Crippen LogP contribution is -2.57. The lowest BCUT2D eigenvalue weighted by Gasteiger charge is -2.39. The number of aliphatic imine (C=N–C) groups is 1. The fraction of sp³-hybridized carbons (Fsp3) is 0.562. The SMILES string of the molecule is CN=C(NCCc1ccccc1Cl)N1CCS(=O)(=O)C(C)(C)C1.I. The van der Waals surface area contributed by atoms with Crippen molar-refractivity contribution in [1.82, 2.24) is 10.2 Å². The van der Waals surface area contributed by atoms with Crippen LogP contribution in [0, 0.1) is 0 Å². The van der Waals surface area contributed by atoms with Gasteiger partial charge in [0.25, 0.3) is 0 Å². The first-order chi connectivity index (χ1) is 10.8. The smallest absolute Gasteiger partial charge is 0.193 e. The van der Waals surface area contributed by atoms with E-state index in [9.17, 15) is 8.42 Å². The quantitative estimate of drug-likeness (QED) is 0.406. The van der Waals surface area contributed by atoms with E-state index in [1.54, 1.807) is 20.9 Å². The van der Waals surface area contributed by atoms with Crippen molar-refractivity contribution in [3.05, 3.63) is 34.9 Å². The van der Waals surface area contributed by atoms with Crippen LogP contribution in [0.1, 0.15) is 19.4 Å². The molecule has 24 heavy (non-hydrogen) atoms. The van der Waals surface area contributed by atoms with Crippen molar-refractivity contribution in [1.29, 1.82) is 0 Å². The number of guanidine groups is 1. The third-order valence-corrected chi connectivity index (χ3v) is 7.09. The minimum Gasteiger partial charge on any atom is -0.356 e. The maximum atomic E-state index is 12.1. The predicted octanol–water partition coefficient (Wildman–Crippen LogP) is 2.58. The van der Waals surface area contributed by atoms with Crippen molar-refractivity contribution in [2.24, 2.45) is 4.99 Å². The standard InChI is InChI=1S/C16H24ClN3O2S.HI/c1-16(2)12-20(10-11-23(16,21)22)15(18-3)19-9-8-13-6-4-5-7-14(13)17;/h4-7H,8-12H2,1-3H3,(H,18,19);1H. The van der Waals surface area contributed by atoms with Gasteiger partial charge in [0, 0.05) is 31.7 Å². The molecule has 8 heteroatoms. The Labute approximate surface area is 166 Å². The van der Waals surface area contributed by atoms with Gasteiger partial charge < -0.3 is 10.2 Å². The molecule has 2 rings (SSSR count). The summed E-state index contributed by atoms with van der Waals surface area (Å²) in [7, 11) is -1.33. The molecule has 0 saturated carbocycles. The molecule has 1 aromatic carbocycles. The zero-order chi connectivity index (χ0) is 17.1. The fourth-order valence-electron chi connectivity index (χ4n) is 2.67. The molecule has 1 heterocycles. The van der Waals surface area contributed by atoms with E-state index in [-0.39, 0.29) is 29.7 Å². The zero-order valence-electron chi connectivity index (χ0n) is 14.3. The Kier molecular flexibility index (Phi) is 7.80. The van der Waals surface area contributed by atoms with E-state index in [0.29, 0.717) is 19.6 Å². The Morgan fingerprint density at radius 1 is 1.38 bits per heavy atom. The van der Waals surface area contributed by atoms with Gasteiger partial charge in [-0.25, -0.2) is 8.42 Å². The second kappa shape index (κ2) is 8.71. The molecule has 0 radical (unpaired) electrons. The third-order valence-electron chi connectivity index (χ3n) is 4.19. The first-order valence-corrected chi connectivity index (χ1v) is 9.71. The van der Waals surface area contributed by atoms with E-state index in [1.807, 2.05) is 29.2 Å². The monoisotopic (exact) mass is 485 g/mol. The van der Waals surface area contributed by atoms with Crippen molar-refractivity contribution in [3.63, 3.8) is 0 Å². The number of hydrogen-bond acceptors (Lipinski definition) is 3. The Morgan fingerprint density at radius 2 is 2.04 bits per heavy atom. The van der Waals surface area contributed by atoms with Crippen molar-refractivity contribution >= 4 is 51.4 Å². The molecule has 1 saturated heterocycles. The van der Waals surface area contributed by atoms with Gasteiger partial charge in [0.05, 0.1) is 10.5 Å². The van der Waals surface area contributed by atoms with Crippen LogP contribution in [-0.2, 0) is 16.3 Å². The molecule has 1 N–H and O–H groups in total. The molecule has 0 spiro atoms. The van der Waals surface area contributed by atoms with Gasteiger partial charge in [0.15, 0.2) is 15.8 Å². The largest absolute Gasteiger partial charge is 0.356 e. The van der Waals surface area contributed by atoms with Crippen LogP contribution in [-0.4, -0.2) is 56.5 Å². The number of rotatable bonds is 3. The minimum atomic E-state index is -3.05. The van der Waals surface area contributed by atoms with Gasteiger partial charge in [0.2, 0.25) is 0 Å². The molecule has 1 fully saturated rings. The van der Waals surface area contributed by atoms with Crippen LogP contribution in [0.2, 0.25) is 5.02 Å². The summed E-state index contributed by atoms with van der Waals surface area (Å²) in [4.78, 5) is 6.29. The van der Waals surface area contributed by atoms with E-state index in [2.05, 4.69) is 10.3 Å². The molecule has 0 aliphatic carbocycles. The summed E-state index contributed by atoms with van der Waals surface area (Å²) < 4.78 is 23.4. The molecule has 5 nitrogen and oxygen atoms in total. The number of halogens is 2. The van der Waals surface area contributed by atoms with Crippen molar-refractivity contribution in [2.45, 2.75) is 25.0 Å². The molecule has 0 unspecified atom stereocenters. The fourth-order valence-corrected chi connectivity index (χ4v) is 4.26. The molecule has 1 aliphatic heterocycles. The molecule has 0 amide bonds. The first kappa shape index (κ1) is 21.5. The maximum Gasteiger partial charge on any atom is 0.193 e. The predicted molar refractivity (Wildman–Crippen MR) is 111 cm³/mol. The summed E-state index contributed by atoms with van der Waals surface area (Å²) in [6, 6.07) is 7.76. The highest BCUT2D eigenvalue weighted by atomic mass is 127. The highest BCUT2D eigenvalue weighted by Crippen LogP contribution is 2.23. The lowest BCUT2D eigenvalue weighted by molar-refractivity contribution is 0.353. The van der Waals surface area contributed by atoms with Crippen LogP contribution >= 0.6 is 35.6 Å². The number of hydrogen-bond donors (Lipinski definition) is 1. The van der Waals surface area contributed by atoms with Gasteiger partial charge in [0.1, 0.15) is 0 Å². The van der Waals surface area contributed by atoms with Crippen LogP contribution in [0.5, 0.6) is 0 Å². The van der Waals surface area contributed by atoms with E-state index in [0.717, 1.165) is 23.0 Å². The highest BCUT2D eigenvalue weighted by Gasteiger charge is 2.40. The van der Waals surface area contributed by atoms with Gasteiger partial charge in [-0.15, -0.1) is 24.0 Å². The van der Waals surface area contributed by atoms with Crippen LogP contribution in [0.4, 0.5) is 0 Å². The summed E-state index contributed by atoms with van der Waals surface area (Å²) in [5.41, 5.74) is 1.08. The first-order valence-electron chi connectivity index (χ1n) is 7.68. The van der Waals surface area contributed by atoms with Gasteiger partial charge in [-0.2, -0.15) is 0 Å². The lowest BCUT2D eigenvalue weighted by atomic mass is 10.1. The topological polar surface area (TPSA) is 61.8 Å². The van der Waals surface area contributed by atoms with Gasteiger partial charge in [-0.05, 0) is 31.9 Å².